The Balaban J connectivity index is -0.000000146. The molecule has 1 heteroatoms. The van der Waals surface area contributed by atoms with Crippen LogP contribution in [-0.4, -0.2) is 12.6 Å². The van der Waals surface area contributed by atoms with Crippen molar-refractivity contribution in [3.05, 3.63) is 0 Å². The van der Waals surface area contributed by atoms with Crippen molar-refractivity contribution in [2.75, 3.05) is 6.54 Å². The minimum Gasteiger partial charge on any atom is -0.314 e. The van der Waals surface area contributed by atoms with Crippen LogP contribution in [0.4, 0.5) is 0 Å². The van der Waals surface area contributed by atoms with E-state index >= 15 is 0 Å². The van der Waals surface area contributed by atoms with Crippen LogP contribution in [0.5, 0.6) is 0 Å². The molecule has 78 valence electrons. The van der Waals surface area contributed by atoms with Gasteiger partial charge in [-0.1, -0.05) is 41.0 Å². The molecule has 1 rings (SSSR count). The summed E-state index contributed by atoms with van der Waals surface area (Å²) in [6.45, 7) is 14.0. The van der Waals surface area contributed by atoms with Gasteiger partial charge in [-0.05, 0) is 25.8 Å². The first-order valence-electron chi connectivity index (χ1n) is 5.44. The molecular formula is C11H29N. The summed E-state index contributed by atoms with van der Waals surface area (Å²) in [5, 5.41) is 3.37. The van der Waals surface area contributed by atoms with E-state index in [2.05, 4.69) is 33.0 Å². The van der Waals surface area contributed by atoms with E-state index in [0.717, 1.165) is 12.0 Å². The smallest absolute Gasteiger partial charge is 0.00418 e. The van der Waals surface area contributed by atoms with Gasteiger partial charge >= 0.3 is 0 Å². The maximum atomic E-state index is 3.37. The van der Waals surface area contributed by atoms with Crippen molar-refractivity contribution in [2.45, 2.75) is 60.4 Å². The summed E-state index contributed by atoms with van der Waals surface area (Å²) >= 11 is 0. The Labute approximate surface area is 80.4 Å². The molecule has 0 aliphatic carbocycles. The Morgan fingerprint density at radius 3 is 1.75 bits per heavy atom. The first kappa shape index (κ1) is 14.5. The van der Waals surface area contributed by atoms with Gasteiger partial charge in [-0.2, -0.15) is 0 Å². The lowest BCUT2D eigenvalue weighted by Gasteiger charge is -1.96. The van der Waals surface area contributed by atoms with E-state index in [4.69, 9.17) is 0 Å². The summed E-state index contributed by atoms with van der Waals surface area (Å²) < 4.78 is 0. The molecule has 1 nitrogen and oxygen atoms in total. The van der Waals surface area contributed by atoms with Crippen LogP contribution in [0.3, 0.4) is 0 Å². The Bertz CT molecular complexity index is 68.5. The number of hydrogen-bond donors (Lipinski definition) is 1. The Morgan fingerprint density at radius 2 is 1.67 bits per heavy atom. The topological polar surface area (TPSA) is 12.0 Å². The van der Waals surface area contributed by atoms with Crippen LogP contribution in [0.1, 0.15) is 55.8 Å². The summed E-state index contributed by atoms with van der Waals surface area (Å²) in [5.74, 6) is 0.912. The third-order valence-electron chi connectivity index (χ3n) is 1.57. The summed E-state index contributed by atoms with van der Waals surface area (Å²) in [5.41, 5.74) is 0. The van der Waals surface area contributed by atoms with Crippen molar-refractivity contribution in [1.29, 1.82) is 0 Å². The Morgan fingerprint density at radius 1 is 1.25 bits per heavy atom. The highest BCUT2D eigenvalue weighted by Gasteiger charge is 2.14. The molecule has 1 fully saturated rings. The van der Waals surface area contributed by atoms with Crippen LogP contribution in [-0.2, 0) is 0 Å². The lowest BCUT2D eigenvalue weighted by Crippen LogP contribution is -2.16. The molecular weight excluding hydrogens is 146 g/mol. The molecule has 0 aromatic carbocycles. The van der Waals surface area contributed by atoms with Gasteiger partial charge < -0.3 is 5.32 Å². The predicted octanol–water partition coefficient (Wildman–Crippen LogP) is 3.69. The summed E-state index contributed by atoms with van der Waals surface area (Å²) in [6.07, 6.45) is 2.61. The second-order valence-corrected chi connectivity index (χ2v) is 3.36. The van der Waals surface area contributed by atoms with Gasteiger partial charge in [0, 0.05) is 7.47 Å². The van der Waals surface area contributed by atoms with Gasteiger partial charge in [-0.3, -0.25) is 0 Å². The van der Waals surface area contributed by atoms with E-state index in [0.29, 0.717) is 0 Å². The van der Waals surface area contributed by atoms with Crippen LogP contribution in [0.15, 0.2) is 0 Å². The molecule has 1 aliphatic heterocycles. The van der Waals surface area contributed by atoms with Crippen molar-refractivity contribution in [3.63, 3.8) is 0 Å². The molecule has 0 aromatic rings. The summed E-state index contributed by atoms with van der Waals surface area (Å²) in [6, 6.07) is 0.773. The van der Waals surface area contributed by atoms with E-state index in [1.54, 1.807) is 0 Å². The second kappa shape index (κ2) is 11.0. The molecule has 0 saturated carbocycles. The van der Waals surface area contributed by atoms with E-state index in [9.17, 15) is 0 Å². The molecule has 1 heterocycles. The average Bonchev–Trinajstić information content (AvgIpc) is 2.40. The first-order valence-corrected chi connectivity index (χ1v) is 5.44. The Kier molecular flexibility index (Phi) is 13.2. The SMILES string of the molecule is CC.CC1CNC(C)C1.CCC.[HH]. The standard InChI is InChI=1S/C6H13N.C3H8.C2H6.H2/c1-5-3-6(2)7-4-5;1-3-2;1-2;/h5-7H,3-4H2,1-2H3;3H2,1-2H3;1-2H3;1H. The molecule has 0 spiro atoms. The van der Waals surface area contributed by atoms with Crippen molar-refractivity contribution in [2.24, 2.45) is 5.92 Å². The predicted molar refractivity (Wildman–Crippen MR) is 60.7 cm³/mol. The molecule has 1 saturated heterocycles. The summed E-state index contributed by atoms with van der Waals surface area (Å²) in [4.78, 5) is 0. The van der Waals surface area contributed by atoms with Gasteiger partial charge in [0.1, 0.15) is 0 Å². The highest BCUT2D eigenvalue weighted by molar-refractivity contribution is 4.74. The molecule has 0 bridgehead atoms. The molecule has 2 atom stereocenters. The fourth-order valence-electron chi connectivity index (χ4n) is 1.17. The van der Waals surface area contributed by atoms with Crippen molar-refractivity contribution >= 4 is 0 Å². The van der Waals surface area contributed by atoms with E-state index in [1.807, 2.05) is 13.8 Å². The van der Waals surface area contributed by atoms with E-state index < -0.39 is 0 Å². The van der Waals surface area contributed by atoms with Crippen LogP contribution in [0.25, 0.3) is 0 Å². The molecule has 2 unspecified atom stereocenters. The van der Waals surface area contributed by atoms with E-state index in [-0.39, 0.29) is 1.43 Å². The molecule has 0 aromatic heterocycles. The largest absolute Gasteiger partial charge is 0.314 e. The van der Waals surface area contributed by atoms with E-state index in [1.165, 1.54) is 19.4 Å². The van der Waals surface area contributed by atoms with Crippen LogP contribution >= 0.6 is 0 Å². The van der Waals surface area contributed by atoms with Crippen LogP contribution < -0.4 is 5.32 Å². The van der Waals surface area contributed by atoms with Crippen LogP contribution in [0, 0.1) is 5.92 Å². The lowest BCUT2D eigenvalue weighted by atomic mass is 10.1. The number of hydrogen-bond acceptors (Lipinski definition) is 1. The van der Waals surface area contributed by atoms with Gasteiger partial charge in [0.25, 0.3) is 0 Å². The van der Waals surface area contributed by atoms with Crippen molar-refractivity contribution in [3.8, 4) is 0 Å². The molecule has 12 heavy (non-hydrogen) atoms. The molecule has 0 amide bonds. The molecule has 1 N–H and O–H groups in total. The zero-order valence-corrected chi connectivity index (χ0v) is 9.78. The van der Waals surface area contributed by atoms with Gasteiger partial charge in [0.2, 0.25) is 0 Å². The maximum absolute atomic E-state index is 3.37. The van der Waals surface area contributed by atoms with Crippen LogP contribution in [0.2, 0.25) is 0 Å². The highest BCUT2D eigenvalue weighted by Crippen LogP contribution is 2.10. The summed E-state index contributed by atoms with van der Waals surface area (Å²) in [7, 11) is 0. The van der Waals surface area contributed by atoms with Gasteiger partial charge in [0.15, 0.2) is 0 Å². The average molecular weight is 175 g/mol. The number of rotatable bonds is 0. The van der Waals surface area contributed by atoms with Crippen molar-refractivity contribution < 1.29 is 1.43 Å². The fourth-order valence-corrected chi connectivity index (χ4v) is 1.17. The Hall–Kier alpha value is -0.0400. The molecule has 0 radical (unpaired) electrons. The van der Waals surface area contributed by atoms with Gasteiger partial charge in [-0.25, -0.2) is 0 Å². The minimum absolute atomic E-state index is 0. The van der Waals surface area contributed by atoms with Crippen molar-refractivity contribution in [1.82, 2.24) is 5.32 Å². The third kappa shape index (κ3) is 9.96. The zero-order valence-electron chi connectivity index (χ0n) is 9.78. The third-order valence-corrected chi connectivity index (χ3v) is 1.57. The van der Waals surface area contributed by atoms with Gasteiger partial charge in [0.05, 0.1) is 0 Å². The fraction of sp³-hybridized carbons (Fsp3) is 1.00. The zero-order chi connectivity index (χ0) is 9.98. The second-order valence-electron chi connectivity index (χ2n) is 3.36. The number of nitrogens with one attached hydrogen (secondary N) is 1. The molecule has 1 aliphatic rings. The lowest BCUT2D eigenvalue weighted by molar-refractivity contribution is 0.622. The normalized spacial score (nSPS) is 26.5. The quantitative estimate of drug-likeness (QED) is 0.592. The maximum Gasteiger partial charge on any atom is 0.00418 e. The minimum atomic E-state index is 0. The first-order chi connectivity index (χ1) is 5.70. The monoisotopic (exact) mass is 175 g/mol. The highest BCUT2D eigenvalue weighted by atomic mass is 14.9. The van der Waals surface area contributed by atoms with Gasteiger partial charge in [-0.15, -0.1) is 0 Å².